The highest BCUT2D eigenvalue weighted by molar-refractivity contribution is 5.81. The molecule has 0 bridgehead atoms. The van der Waals surface area contributed by atoms with Crippen molar-refractivity contribution < 1.29 is 4.79 Å². The standard InChI is InChI=1S/C10H21NO/c1-6-7-8(2)11-9(12)10(3,4)5/h8H,6-7H2,1-5H3,(H,11,12). The molecule has 0 spiro atoms. The zero-order valence-electron chi connectivity index (χ0n) is 8.90. The van der Waals surface area contributed by atoms with E-state index >= 15 is 0 Å². The third-order valence-corrected chi connectivity index (χ3v) is 1.78. The first kappa shape index (κ1) is 11.5. The van der Waals surface area contributed by atoms with Gasteiger partial charge in [-0.3, -0.25) is 4.79 Å². The summed E-state index contributed by atoms with van der Waals surface area (Å²) in [6.07, 6.45) is 2.17. The number of hydrogen-bond acceptors (Lipinski definition) is 1. The average molecular weight is 171 g/mol. The molecule has 72 valence electrons. The molecule has 0 aromatic carbocycles. The van der Waals surface area contributed by atoms with E-state index in [0.717, 1.165) is 12.8 Å². The van der Waals surface area contributed by atoms with Crippen LogP contribution in [-0.4, -0.2) is 11.9 Å². The third-order valence-electron chi connectivity index (χ3n) is 1.78. The van der Waals surface area contributed by atoms with E-state index in [-0.39, 0.29) is 11.3 Å². The number of nitrogens with one attached hydrogen (secondary N) is 1. The zero-order chi connectivity index (χ0) is 9.78. The summed E-state index contributed by atoms with van der Waals surface area (Å²) in [7, 11) is 0. The molecule has 0 radical (unpaired) electrons. The SMILES string of the molecule is CCCC(C)NC(=O)C(C)(C)C. The summed E-state index contributed by atoms with van der Waals surface area (Å²) >= 11 is 0. The van der Waals surface area contributed by atoms with Crippen LogP contribution in [0.3, 0.4) is 0 Å². The maximum atomic E-state index is 11.4. The van der Waals surface area contributed by atoms with E-state index in [2.05, 4.69) is 12.2 Å². The smallest absolute Gasteiger partial charge is 0.225 e. The lowest BCUT2D eigenvalue weighted by atomic mass is 9.95. The molecule has 0 heterocycles. The molecular formula is C10H21NO. The fraction of sp³-hybridized carbons (Fsp3) is 0.900. The molecule has 1 N–H and O–H groups in total. The zero-order valence-corrected chi connectivity index (χ0v) is 8.90. The number of carbonyl (C=O) groups is 1. The van der Waals surface area contributed by atoms with E-state index in [9.17, 15) is 4.79 Å². The van der Waals surface area contributed by atoms with Crippen molar-refractivity contribution in [2.24, 2.45) is 5.41 Å². The van der Waals surface area contributed by atoms with Crippen LogP contribution in [0.5, 0.6) is 0 Å². The van der Waals surface area contributed by atoms with Gasteiger partial charge in [-0.2, -0.15) is 0 Å². The molecule has 0 aliphatic heterocycles. The fourth-order valence-electron chi connectivity index (χ4n) is 0.945. The van der Waals surface area contributed by atoms with Crippen LogP contribution in [0.4, 0.5) is 0 Å². The number of carbonyl (C=O) groups excluding carboxylic acids is 1. The maximum Gasteiger partial charge on any atom is 0.225 e. The summed E-state index contributed by atoms with van der Waals surface area (Å²) < 4.78 is 0. The molecule has 0 aliphatic rings. The Morgan fingerprint density at radius 2 is 1.92 bits per heavy atom. The Hall–Kier alpha value is -0.530. The molecule has 0 aliphatic carbocycles. The maximum absolute atomic E-state index is 11.4. The van der Waals surface area contributed by atoms with Crippen molar-refractivity contribution in [3.05, 3.63) is 0 Å². The van der Waals surface area contributed by atoms with Crippen molar-refractivity contribution in [2.45, 2.75) is 53.5 Å². The van der Waals surface area contributed by atoms with Gasteiger partial charge < -0.3 is 5.32 Å². The molecule has 0 fully saturated rings. The minimum Gasteiger partial charge on any atom is -0.353 e. The van der Waals surface area contributed by atoms with Crippen molar-refractivity contribution in [1.82, 2.24) is 5.32 Å². The first-order chi connectivity index (χ1) is 5.38. The molecule has 2 nitrogen and oxygen atoms in total. The van der Waals surface area contributed by atoms with Crippen LogP contribution in [0.15, 0.2) is 0 Å². The van der Waals surface area contributed by atoms with Gasteiger partial charge >= 0.3 is 0 Å². The van der Waals surface area contributed by atoms with E-state index in [1.165, 1.54) is 0 Å². The normalized spacial score (nSPS) is 14.1. The molecule has 0 aromatic rings. The van der Waals surface area contributed by atoms with Crippen LogP contribution in [-0.2, 0) is 4.79 Å². The Balaban J connectivity index is 3.85. The van der Waals surface area contributed by atoms with Crippen LogP contribution in [0, 0.1) is 5.41 Å². The van der Waals surface area contributed by atoms with Gasteiger partial charge in [0.2, 0.25) is 5.91 Å². The third kappa shape index (κ3) is 4.37. The monoisotopic (exact) mass is 171 g/mol. The number of amides is 1. The van der Waals surface area contributed by atoms with E-state index in [1.54, 1.807) is 0 Å². The second-order valence-electron chi connectivity index (χ2n) is 4.41. The molecule has 1 amide bonds. The minimum atomic E-state index is -0.262. The van der Waals surface area contributed by atoms with Crippen LogP contribution < -0.4 is 5.32 Å². The fourth-order valence-corrected chi connectivity index (χ4v) is 0.945. The Bertz CT molecular complexity index is 146. The van der Waals surface area contributed by atoms with Gasteiger partial charge in [0.25, 0.3) is 0 Å². The van der Waals surface area contributed by atoms with Gasteiger partial charge in [-0.15, -0.1) is 0 Å². The van der Waals surface area contributed by atoms with E-state index < -0.39 is 0 Å². The largest absolute Gasteiger partial charge is 0.353 e. The van der Waals surface area contributed by atoms with Gasteiger partial charge in [0.1, 0.15) is 0 Å². The molecule has 0 rings (SSSR count). The first-order valence-electron chi connectivity index (χ1n) is 4.69. The highest BCUT2D eigenvalue weighted by Crippen LogP contribution is 2.13. The highest BCUT2D eigenvalue weighted by atomic mass is 16.2. The van der Waals surface area contributed by atoms with E-state index in [1.807, 2.05) is 27.7 Å². The van der Waals surface area contributed by atoms with Crippen molar-refractivity contribution in [2.75, 3.05) is 0 Å². The molecule has 1 unspecified atom stereocenters. The minimum absolute atomic E-state index is 0.142. The molecule has 2 heteroatoms. The Morgan fingerprint density at radius 3 is 2.25 bits per heavy atom. The predicted octanol–water partition coefficient (Wildman–Crippen LogP) is 2.34. The summed E-state index contributed by atoms with van der Waals surface area (Å²) in [6.45, 7) is 9.97. The second-order valence-corrected chi connectivity index (χ2v) is 4.41. The van der Waals surface area contributed by atoms with Gasteiger partial charge in [0.05, 0.1) is 0 Å². The second kappa shape index (κ2) is 4.48. The summed E-state index contributed by atoms with van der Waals surface area (Å²) in [5.41, 5.74) is -0.262. The topological polar surface area (TPSA) is 29.1 Å². The molecule has 1 atom stereocenters. The van der Waals surface area contributed by atoms with Crippen LogP contribution in [0.1, 0.15) is 47.5 Å². The van der Waals surface area contributed by atoms with E-state index in [0.29, 0.717) is 6.04 Å². The Morgan fingerprint density at radius 1 is 1.42 bits per heavy atom. The van der Waals surface area contributed by atoms with Crippen molar-refractivity contribution in [3.63, 3.8) is 0 Å². The molecule has 12 heavy (non-hydrogen) atoms. The van der Waals surface area contributed by atoms with Gasteiger partial charge in [0, 0.05) is 11.5 Å². The molecule has 0 saturated heterocycles. The van der Waals surface area contributed by atoms with Gasteiger partial charge in [0.15, 0.2) is 0 Å². The molecule has 0 saturated carbocycles. The van der Waals surface area contributed by atoms with Crippen molar-refractivity contribution >= 4 is 5.91 Å². The Labute approximate surface area is 75.7 Å². The summed E-state index contributed by atoms with van der Waals surface area (Å²) in [5, 5.41) is 2.98. The van der Waals surface area contributed by atoms with Gasteiger partial charge in [-0.05, 0) is 13.3 Å². The number of hydrogen-bond donors (Lipinski definition) is 1. The van der Waals surface area contributed by atoms with Gasteiger partial charge in [-0.25, -0.2) is 0 Å². The van der Waals surface area contributed by atoms with Crippen LogP contribution >= 0.6 is 0 Å². The van der Waals surface area contributed by atoms with Crippen molar-refractivity contribution in [3.8, 4) is 0 Å². The van der Waals surface area contributed by atoms with Gasteiger partial charge in [-0.1, -0.05) is 34.1 Å². The van der Waals surface area contributed by atoms with Crippen LogP contribution in [0.25, 0.3) is 0 Å². The Kier molecular flexibility index (Phi) is 4.29. The first-order valence-corrected chi connectivity index (χ1v) is 4.69. The van der Waals surface area contributed by atoms with E-state index in [4.69, 9.17) is 0 Å². The molecule has 0 aromatic heterocycles. The average Bonchev–Trinajstić information content (AvgIpc) is 1.85. The highest BCUT2D eigenvalue weighted by Gasteiger charge is 2.21. The quantitative estimate of drug-likeness (QED) is 0.693. The predicted molar refractivity (Wildman–Crippen MR) is 52.0 cm³/mol. The summed E-state index contributed by atoms with van der Waals surface area (Å²) in [4.78, 5) is 11.4. The lowest BCUT2D eigenvalue weighted by molar-refractivity contribution is -0.129. The summed E-state index contributed by atoms with van der Waals surface area (Å²) in [5.74, 6) is 0.142. The van der Waals surface area contributed by atoms with Crippen LogP contribution in [0.2, 0.25) is 0 Å². The molecular weight excluding hydrogens is 150 g/mol. The van der Waals surface area contributed by atoms with Crippen molar-refractivity contribution in [1.29, 1.82) is 0 Å². The lowest BCUT2D eigenvalue weighted by Gasteiger charge is -2.21. The summed E-state index contributed by atoms with van der Waals surface area (Å²) in [6, 6.07) is 0.307. The number of rotatable bonds is 3. The lowest BCUT2D eigenvalue weighted by Crippen LogP contribution is -2.40.